The second-order valence-corrected chi connectivity index (χ2v) is 11.5. The topological polar surface area (TPSA) is 104 Å². The molecule has 45 heavy (non-hydrogen) atoms. The molecule has 0 fully saturated rings. The van der Waals surface area contributed by atoms with Gasteiger partial charge in [0, 0.05) is 35.9 Å². The minimum absolute atomic E-state index is 0.111. The Morgan fingerprint density at radius 1 is 0.600 bits per heavy atom. The van der Waals surface area contributed by atoms with Gasteiger partial charge >= 0.3 is 11.9 Å². The molecule has 0 saturated heterocycles. The van der Waals surface area contributed by atoms with Crippen LogP contribution in [0.25, 0.3) is 22.8 Å². The molecule has 1 atom stereocenters. The first kappa shape index (κ1) is 33.4. The van der Waals surface area contributed by atoms with Crippen molar-refractivity contribution in [1.82, 2.24) is 19.9 Å². The SMILES string of the molecule is CCCCCCc1cnc(-c2ccc(OC(=O)CC(C)C(=O)Oc3ccc(-c4ncc(CCCCCC)cn4)cc3)cc2)nc1. The van der Waals surface area contributed by atoms with E-state index >= 15 is 0 Å². The van der Waals surface area contributed by atoms with Gasteiger partial charge < -0.3 is 9.47 Å². The summed E-state index contributed by atoms with van der Waals surface area (Å²) in [4.78, 5) is 43.2. The highest BCUT2D eigenvalue weighted by atomic mass is 16.5. The molecule has 4 aromatic rings. The summed E-state index contributed by atoms with van der Waals surface area (Å²) in [5, 5.41) is 0. The Morgan fingerprint density at radius 2 is 1.02 bits per heavy atom. The summed E-state index contributed by atoms with van der Waals surface area (Å²) in [6.45, 7) is 6.05. The zero-order valence-electron chi connectivity index (χ0n) is 26.7. The number of ether oxygens (including phenoxy) is 2. The van der Waals surface area contributed by atoms with E-state index in [0.717, 1.165) is 47.9 Å². The highest BCUT2D eigenvalue weighted by Crippen LogP contribution is 2.23. The van der Waals surface area contributed by atoms with Crippen LogP contribution in [0.3, 0.4) is 0 Å². The van der Waals surface area contributed by atoms with Crippen molar-refractivity contribution in [2.45, 2.75) is 91.4 Å². The Morgan fingerprint density at radius 3 is 1.44 bits per heavy atom. The monoisotopic (exact) mass is 608 g/mol. The van der Waals surface area contributed by atoms with Gasteiger partial charge in [0.15, 0.2) is 11.6 Å². The smallest absolute Gasteiger partial charge is 0.314 e. The predicted molar refractivity (Wildman–Crippen MR) is 176 cm³/mol. The van der Waals surface area contributed by atoms with Gasteiger partial charge in [0.05, 0.1) is 12.3 Å². The standard InChI is InChI=1S/C37H44N4O4/c1-4-6-8-10-12-28-23-38-35(39-24-28)30-14-18-32(19-15-30)44-34(42)22-27(3)37(43)45-33-20-16-31(17-21-33)36-40-25-29(26-41-36)13-11-9-7-5-2/h14-21,23-27H,4-13,22H2,1-3H3. The molecule has 2 heterocycles. The van der Waals surface area contributed by atoms with Crippen LogP contribution in [0.15, 0.2) is 73.3 Å². The summed E-state index contributed by atoms with van der Waals surface area (Å²) in [5.41, 5.74) is 3.93. The average Bonchev–Trinajstić information content (AvgIpc) is 3.06. The maximum Gasteiger partial charge on any atom is 0.314 e. The number of nitrogens with zero attached hydrogens (tertiary/aromatic N) is 4. The van der Waals surface area contributed by atoms with Gasteiger partial charge in [0.1, 0.15) is 11.5 Å². The normalized spacial score (nSPS) is 11.6. The maximum absolute atomic E-state index is 12.7. The highest BCUT2D eigenvalue weighted by molar-refractivity contribution is 5.82. The maximum atomic E-state index is 12.7. The third-order valence-electron chi connectivity index (χ3n) is 7.60. The number of rotatable bonds is 17. The van der Waals surface area contributed by atoms with E-state index < -0.39 is 17.9 Å². The van der Waals surface area contributed by atoms with Crippen molar-refractivity contribution in [2.75, 3.05) is 0 Å². The molecular formula is C37H44N4O4. The first-order valence-electron chi connectivity index (χ1n) is 16.2. The molecule has 236 valence electrons. The number of carbonyl (C=O) groups is 2. The molecular weight excluding hydrogens is 564 g/mol. The van der Waals surface area contributed by atoms with Crippen molar-refractivity contribution >= 4 is 11.9 Å². The molecule has 2 aromatic carbocycles. The summed E-state index contributed by atoms with van der Waals surface area (Å²) in [7, 11) is 0. The summed E-state index contributed by atoms with van der Waals surface area (Å²) in [6.07, 6.45) is 19.0. The zero-order chi connectivity index (χ0) is 31.9. The van der Waals surface area contributed by atoms with E-state index in [1.165, 1.54) is 38.5 Å². The van der Waals surface area contributed by atoms with Crippen LogP contribution in [-0.2, 0) is 22.4 Å². The van der Waals surface area contributed by atoms with Gasteiger partial charge in [-0.25, -0.2) is 19.9 Å². The zero-order valence-corrected chi connectivity index (χ0v) is 26.7. The lowest BCUT2D eigenvalue weighted by atomic mass is 10.1. The lowest BCUT2D eigenvalue weighted by Gasteiger charge is -2.11. The van der Waals surface area contributed by atoms with Crippen LogP contribution in [-0.4, -0.2) is 31.9 Å². The van der Waals surface area contributed by atoms with Crippen LogP contribution in [0.4, 0.5) is 0 Å². The quantitative estimate of drug-likeness (QED) is 0.0669. The average molecular weight is 609 g/mol. The van der Waals surface area contributed by atoms with E-state index in [1.54, 1.807) is 31.2 Å². The molecule has 0 aliphatic carbocycles. The number of carbonyl (C=O) groups excluding carboxylic acids is 2. The van der Waals surface area contributed by atoms with Crippen LogP contribution >= 0.6 is 0 Å². The molecule has 8 heteroatoms. The first-order valence-corrected chi connectivity index (χ1v) is 16.2. The number of hydrogen-bond acceptors (Lipinski definition) is 8. The Balaban J connectivity index is 1.21. The fourth-order valence-electron chi connectivity index (χ4n) is 4.84. The van der Waals surface area contributed by atoms with E-state index in [1.807, 2.05) is 49.1 Å². The Kier molecular flexibility index (Phi) is 13.2. The minimum atomic E-state index is -0.682. The predicted octanol–water partition coefficient (Wildman–Crippen LogP) is 8.38. The van der Waals surface area contributed by atoms with Crippen LogP contribution < -0.4 is 9.47 Å². The third-order valence-corrected chi connectivity index (χ3v) is 7.60. The molecule has 0 aliphatic rings. The van der Waals surface area contributed by atoms with Gasteiger partial charge in [0.25, 0.3) is 0 Å². The van der Waals surface area contributed by atoms with Crippen molar-refractivity contribution in [1.29, 1.82) is 0 Å². The molecule has 1 unspecified atom stereocenters. The number of hydrogen-bond donors (Lipinski definition) is 0. The number of aromatic nitrogens is 4. The number of benzene rings is 2. The Labute approximate surface area is 266 Å². The van der Waals surface area contributed by atoms with E-state index in [-0.39, 0.29) is 6.42 Å². The molecule has 4 rings (SSSR count). The molecule has 0 spiro atoms. The highest BCUT2D eigenvalue weighted by Gasteiger charge is 2.21. The van der Waals surface area contributed by atoms with E-state index in [2.05, 4.69) is 33.8 Å². The second kappa shape index (κ2) is 17.7. The minimum Gasteiger partial charge on any atom is -0.427 e. The van der Waals surface area contributed by atoms with E-state index in [0.29, 0.717) is 23.1 Å². The fourth-order valence-corrected chi connectivity index (χ4v) is 4.84. The molecule has 0 saturated carbocycles. The van der Waals surface area contributed by atoms with E-state index in [9.17, 15) is 9.59 Å². The molecule has 0 amide bonds. The third kappa shape index (κ3) is 10.9. The number of esters is 2. The lowest BCUT2D eigenvalue weighted by Crippen LogP contribution is -2.22. The van der Waals surface area contributed by atoms with Crippen LogP contribution in [0, 0.1) is 5.92 Å². The number of aryl methyl sites for hydroxylation is 2. The molecule has 0 radical (unpaired) electrons. The summed E-state index contributed by atoms with van der Waals surface area (Å²) in [5.74, 6) is 0.305. The first-order chi connectivity index (χ1) is 21.9. The Hall–Kier alpha value is -4.46. The van der Waals surface area contributed by atoms with E-state index in [4.69, 9.17) is 9.47 Å². The van der Waals surface area contributed by atoms with Crippen LogP contribution in [0.5, 0.6) is 11.5 Å². The van der Waals surface area contributed by atoms with Gasteiger partial charge in [0.2, 0.25) is 0 Å². The molecule has 8 nitrogen and oxygen atoms in total. The Bertz CT molecular complexity index is 1470. The van der Waals surface area contributed by atoms with Crippen molar-refractivity contribution in [3.63, 3.8) is 0 Å². The van der Waals surface area contributed by atoms with Crippen LogP contribution in [0.2, 0.25) is 0 Å². The molecule has 0 aliphatic heterocycles. The largest absolute Gasteiger partial charge is 0.427 e. The summed E-state index contributed by atoms with van der Waals surface area (Å²) in [6, 6.07) is 14.1. The van der Waals surface area contributed by atoms with Gasteiger partial charge in [-0.05, 0) is 85.3 Å². The summed E-state index contributed by atoms with van der Waals surface area (Å²) < 4.78 is 11.0. The lowest BCUT2D eigenvalue weighted by molar-refractivity contribution is -0.144. The molecule has 2 aromatic heterocycles. The summed E-state index contributed by atoms with van der Waals surface area (Å²) >= 11 is 0. The van der Waals surface area contributed by atoms with Crippen molar-refractivity contribution < 1.29 is 19.1 Å². The van der Waals surface area contributed by atoms with Gasteiger partial charge in [-0.15, -0.1) is 0 Å². The molecule has 0 N–H and O–H groups in total. The fraction of sp³-hybridized carbons (Fsp3) is 0.405. The second-order valence-electron chi connectivity index (χ2n) is 11.5. The van der Waals surface area contributed by atoms with Gasteiger partial charge in [-0.2, -0.15) is 0 Å². The van der Waals surface area contributed by atoms with Crippen molar-refractivity contribution in [3.8, 4) is 34.3 Å². The van der Waals surface area contributed by atoms with Crippen LogP contribution in [0.1, 0.15) is 89.7 Å². The number of unbranched alkanes of at least 4 members (excludes halogenated alkanes) is 6. The van der Waals surface area contributed by atoms with Crippen molar-refractivity contribution in [3.05, 3.63) is 84.4 Å². The van der Waals surface area contributed by atoms with Crippen molar-refractivity contribution in [2.24, 2.45) is 5.92 Å². The van der Waals surface area contributed by atoms with Gasteiger partial charge in [-0.3, -0.25) is 9.59 Å². The molecule has 0 bridgehead atoms. The van der Waals surface area contributed by atoms with Gasteiger partial charge in [-0.1, -0.05) is 59.3 Å².